The summed E-state index contributed by atoms with van der Waals surface area (Å²) in [7, 11) is 2.07. The molecule has 0 aliphatic rings. The second kappa shape index (κ2) is 6.21. The van der Waals surface area contributed by atoms with E-state index < -0.39 is 0 Å². The van der Waals surface area contributed by atoms with Crippen LogP contribution in [0, 0.1) is 10.8 Å². The summed E-state index contributed by atoms with van der Waals surface area (Å²) >= 11 is 5.96. The molecule has 1 aromatic rings. The van der Waals surface area contributed by atoms with E-state index >= 15 is 0 Å². The van der Waals surface area contributed by atoms with Crippen LogP contribution in [0.5, 0.6) is 0 Å². The minimum Gasteiger partial charge on any atom is -0.387 e. The van der Waals surface area contributed by atoms with Gasteiger partial charge in [-0.15, -0.1) is 0 Å². The molecule has 100 valence electrons. The van der Waals surface area contributed by atoms with E-state index in [0.29, 0.717) is 0 Å². The quantitative estimate of drug-likeness (QED) is 0.615. The van der Waals surface area contributed by atoms with Gasteiger partial charge in [0.2, 0.25) is 0 Å². The number of halogens is 1. The minimum atomic E-state index is -0.234. The molecule has 0 fully saturated rings. The number of hydrogen-bond donors (Lipinski definition) is 2. The van der Waals surface area contributed by atoms with Gasteiger partial charge in [0.15, 0.2) is 0 Å². The first-order valence-electron chi connectivity index (χ1n) is 6.09. The van der Waals surface area contributed by atoms with E-state index in [1.54, 1.807) is 0 Å². The van der Waals surface area contributed by atoms with Crippen molar-refractivity contribution in [1.82, 2.24) is 4.90 Å². The first-order chi connectivity index (χ1) is 8.31. The van der Waals surface area contributed by atoms with Gasteiger partial charge >= 0.3 is 0 Å². The zero-order valence-corrected chi connectivity index (χ0v) is 12.1. The lowest BCUT2D eigenvalue weighted by Crippen LogP contribution is -2.34. The highest BCUT2D eigenvalue weighted by Crippen LogP contribution is 2.20. The molecule has 0 unspecified atom stereocenters. The summed E-state index contributed by atoms with van der Waals surface area (Å²) in [6, 6.07) is 7.89. The molecule has 0 aliphatic heterocycles. The SMILES string of the molecule is CN(CCC(C)(C)C(=N)N)Cc1cccc(Cl)c1. The number of amidine groups is 1. The maximum atomic E-state index is 7.53. The monoisotopic (exact) mass is 267 g/mol. The second-order valence-electron chi connectivity index (χ2n) is 5.42. The number of nitrogens with zero attached hydrogens (tertiary/aromatic N) is 1. The molecule has 3 N–H and O–H groups in total. The predicted molar refractivity (Wildman–Crippen MR) is 78.1 cm³/mol. The molecular weight excluding hydrogens is 246 g/mol. The zero-order valence-electron chi connectivity index (χ0n) is 11.3. The Morgan fingerprint density at radius 2 is 2.11 bits per heavy atom. The number of nitrogens with one attached hydrogen (secondary N) is 1. The average Bonchev–Trinajstić information content (AvgIpc) is 2.26. The third-order valence-electron chi connectivity index (χ3n) is 3.19. The van der Waals surface area contributed by atoms with Crippen molar-refractivity contribution in [2.75, 3.05) is 13.6 Å². The van der Waals surface area contributed by atoms with Gasteiger partial charge in [0.1, 0.15) is 0 Å². The van der Waals surface area contributed by atoms with Gasteiger partial charge in [0.25, 0.3) is 0 Å². The maximum Gasteiger partial charge on any atom is 0.0963 e. The van der Waals surface area contributed by atoms with Gasteiger partial charge in [0.05, 0.1) is 5.84 Å². The predicted octanol–water partition coefficient (Wildman–Crippen LogP) is 3.12. The maximum absolute atomic E-state index is 7.53. The molecule has 0 radical (unpaired) electrons. The van der Waals surface area contributed by atoms with Crippen molar-refractivity contribution in [2.24, 2.45) is 11.1 Å². The van der Waals surface area contributed by atoms with Crippen LogP contribution in [-0.2, 0) is 6.54 Å². The number of hydrogen-bond acceptors (Lipinski definition) is 2. The standard InChI is InChI=1S/C14H22ClN3/c1-14(2,13(16)17)7-8-18(3)10-11-5-4-6-12(15)9-11/h4-6,9H,7-8,10H2,1-3H3,(H3,16,17). The molecule has 4 heteroatoms. The molecule has 0 amide bonds. The van der Waals surface area contributed by atoms with Crippen LogP contribution >= 0.6 is 11.6 Å². The van der Waals surface area contributed by atoms with E-state index in [2.05, 4.69) is 18.0 Å². The molecule has 0 aromatic heterocycles. The van der Waals surface area contributed by atoms with E-state index in [0.717, 1.165) is 24.5 Å². The van der Waals surface area contributed by atoms with Gasteiger partial charge in [0, 0.05) is 17.0 Å². The van der Waals surface area contributed by atoms with Crippen LogP contribution in [0.1, 0.15) is 25.8 Å². The Kier molecular flexibility index (Phi) is 5.17. The van der Waals surface area contributed by atoms with Gasteiger partial charge in [-0.1, -0.05) is 37.6 Å². The fourth-order valence-electron chi connectivity index (χ4n) is 1.63. The topological polar surface area (TPSA) is 53.1 Å². The lowest BCUT2D eigenvalue weighted by Gasteiger charge is -2.26. The Labute approximate surface area is 114 Å². The Hall–Kier alpha value is -1.06. The fourth-order valence-corrected chi connectivity index (χ4v) is 1.84. The molecule has 3 nitrogen and oxygen atoms in total. The van der Waals surface area contributed by atoms with Crippen LogP contribution in [-0.4, -0.2) is 24.3 Å². The fraction of sp³-hybridized carbons (Fsp3) is 0.500. The first-order valence-corrected chi connectivity index (χ1v) is 6.46. The van der Waals surface area contributed by atoms with Gasteiger partial charge < -0.3 is 10.6 Å². The van der Waals surface area contributed by atoms with Crippen molar-refractivity contribution in [3.05, 3.63) is 34.9 Å². The summed E-state index contributed by atoms with van der Waals surface area (Å²) in [5.74, 6) is 0.249. The van der Waals surface area contributed by atoms with Gasteiger partial charge in [-0.2, -0.15) is 0 Å². The average molecular weight is 268 g/mol. The van der Waals surface area contributed by atoms with Crippen molar-refractivity contribution >= 4 is 17.4 Å². The lowest BCUT2D eigenvalue weighted by molar-refractivity contribution is 0.284. The first kappa shape index (κ1) is 15.0. The van der Waals surface area contributed by atoms with Gasteiger partial charge in [-0.05, 0) is 37.7 Å². The lowest BCUT2D eigenvalue weighted by atomic mass is 9.88. The Morgan fingerprint density at radius 1 is 1.44 bits per heavy atom. The molecule has 1 aromatic carbocycles. The smallest absolute Gasteiger partial charge is 0.0963 e. The van der Waals surface area contributed by atoms with Gasteiger partial charge in [-0.3, -0.25) is 5.41 Å². The van der Waals surface area contributed by atoms with Crippen molar-refractivity contribution < 1.29 is 0 Å². The van der Waals surface area contributed by atoms with Crippen LogP contribution in [0.2, 0.25) is 5.02 Å². The Morgan fingerprint density at radius 3 is 2.67 bits per heavy atom. The van der Waals surface area contributed by atoms with Gasteiger partial charge in [-0.25, -0.2) is 0 Å². The third-order valence-corrected chi connectivity index (χ3v) is 3.42. The van der Waals surface area contributed by atoms with Crippen LogP contribution in [0.4, 0.5) is 0 Å². The zero-order chi connectivity index (χ0) is 13.8. The van der Waals surface area contributed by atoms with Crippen molar-refractivity contribution in [1.29, 1.82) is 5.41 Å². The summed E-state index contributed by atoms with van der Waals surface area (Å²) in [4.78, 5) is 2.22. The summed E-state index contributed by atoms with van der Waals surface area (Å²) < 4.78 is 0. The van der Waals surface area contributed by atoms with E-state index in [1.807, 2.05) is 32.0 Å². The molecular formula is C14H22ClN3. The molecule has 0 saturated carbocycles. The molecule has 0 saturated heterocycles. The summed E-state index contributed by atoms with van der Waals surface area (Å²) in [5.41, 5.74) is 6.54. The minimum absolute atomic E-state index is 0.234. The highest BCUT2D eigenvalue weighted by Gasteiger charge is 2.21. The normalized spacial score (nSPS) is 11.8. The Bertz CT molecular complexity index is 415. The van der Waals surface area contributed by atoms with E-state index in [4.69, 9.17) is 22.7 Å². The highest BCUT2D eigenvalue weighted by molar-refractivity contribution is 6.30. The van der Waals surface area contributed by atoms with Crippen LogP contribution in [0.25, 0.3) is 0 Å². The number of nitrogens with two attached hydrogens (primary N) is 1. The summed E-state index contributed by atoms with van der Waals surface area (Å²) in [5, 5.41) is 8.30. The highest BCUT2D eigenvalue weighted by atomic mass is 35.5. The van der Waals surface area contributed by atoms with Crippen molar-refractivity contribution in [3.63, 3.8) is 0 Å². The van der Waals surface area contributed by atoms with Crippen LogP contribution in [0.15, 0.2) is 24.3 Å². The van der Waals surface area contributed by atoms with E-state index in [1.165, 1.54) is 5.56 Å². The molecule has 0 heterocycles. The molecule has 0 atom stereocenters. The molecule has 0 spiro atoms. The molecule has 1 rings (SSSR count). The van der Waals surface area contributed by atoms with Crippen LogP contribution < -0.4 is 5.73 Å². The van der Waals surface area contributed by atoms with Crippen molar-refractivity contribution in [3.8, 4) is 0 Å². The molecule has 0 aliphatic carbocycles. The number of benzene rings is 1. The summed E-state index contributed by atoms with van der Waals surface area (Å²) in [6.07, 6.45) is 0.874. The van der Waals surface area contributed by atoms with E-state index in [-0.39, 0.29) is 11.3 Å². The third kappa shape index (κ3) is 4.67. The largest absolute Gasteiger partial charge is 0.387 e. The Balaban J connectivity index is 2.47. The summed E-state index contributed by atoms with van der Waals surface area (Å²) in [6.45, 7) is 5.76. The van der Waals surface area contributed by atoms with Crippen LogP contribution in [0.3, 0.4) is 0 Å². The second-order valence-corrected chi connectivity index (χ2v) is 5.85. The molecule has 18 heavy (non-hydrogen) atoms. The number of rotatable bonds is 6. The molecule has 0 bridgehead atoms. The van der Waals surface area contributed by atoms with E-state index in [9.17, 15) is 0 Å². The van der Waals surface area contributed by atoms with Crippen molar-refractivity contribution in [2.45, 2.75) is 26.8 Å².